The summed E-state index contributed by atoms with van der Waals surface area (Å²) in [5.41, 5.74) is 1.18. The molecular weight excluding hydrogens is 294 g/mol. The molecule has 2 heterocycles. The standard InChI is InChI=1S/C13H12ClN5O2/c14-9-1-2-11(19-7-15-6-17-19)10(4-9)18-13(21)8-3-12(20)16-5-8/h1-2,4,6-8H,3,5H2,(H,16,20)(H,18,21). The molecular formula is C13H12ClN5O2. The number of hydrogen-bond acceptors (Lipinski definition) is 4. The van der Waals surface area contributed by atoms with Gasteiger partial charge in [0.15, 0.2) is 0 Å². The summed E-state index contributed by atoms with van der Waals surface area (Å²) in [7, 11) is 0. The fourth-order valence-electron chi connectivity index (χ4n) is 2.17. The van der Waals surface area contributed by atoms with E-state index in [2.05, 4.69) is 20.7 Å². The third-order valence-electron chi connectivity index (χ3n) is 3.23. The van der Waals surface area contributed by atoms with E-state index >= 15 is 0 Å². The van der Waals surface area contributed by atoms with Gasteiger partial charge < -0.3 is 10.6 Å². The Balaban J connectivity index is 1.86. The highest BCUT2D eigenvalue weighted by Gasteiger charge is 2.28. The van der Waals surface area contributed by atoms with Crippen molar-refractivity contribution in [2.24, 2.45) is 5.92 Å². The molecule has 1 atom stereocenters. The predicted octanol–water partition coefficient (Wildman–Crippen LogP) is 0.995. The van der Waals surface area contributed by atoms with Crippen LogP contribution in [0.25, 0.3) is 5.69 Å². The molecule has 0 spiro atoms. The van der Waals surface area contributed by atoms with Crippen LogP contribution in [0.2, 0.25) is 5.02 Å². The summed E-state index contributed by atoms with van der Waals surface area (Å²) < 4.78 is 1.53. The highest BCUT2D eigenvalue weighted by atomic mass is 35.5. The lowest BCUT2D eigenvalue weighted by molar-refractivity contribution is -0.123. The first-order valence-electron chi connectivity index (χ1n) is 6.35. The normalized spacial score (nSPS) is 17.6. The average Bonchev–Trinajstić information content (AvgIpc) is 3.10. The van der Waals surface area contributed by atoms with Gasteiger partial charge in [-0.1, -0.05) is 11.6 Å². The summed E-state index contributed by atoms with van der Waals surface area (Å²) in [4.78, 5) is 27.3. The van der Waals surface area contributed by atoms with Gasteiger partial charge in [-0.25, -0.2) is 9.67 Å². The van der Waals surface area contributed by atoms with E-state index in [9.17, 15) is 9.59 Å². The van der Waals surface area contributed by atoms with Gasteiger partial charge in [0.05, 0.1) is 17.3 Å². The minimum absolute atomic E-state index is 0.113. The monoisotopic (exact) mass is 305 g/mol. The first kappa shape index (κ1) is 13.6. The minimum atomic E-state index is -0.375. The number of carbonyl (C=O) groups excluding carboxylic acids is 2. The summed E-state index contributed by atoms with van der Waals surface area (Å²) in [6.07, 6.45) is 3.13. The van der Waals surface area contributed by atoms with Crippen molar-refractivity contribution in [3.8, 4) is 5.69 Å². The molecule has 108 valence electrons. The van der Waals surface area contributed by atoms with Gasteiger partial charge in [-0.2, -0.15) is 5.10 Å². The van der Waals surface area contributed by atoms with E-state index in [1.807, 2.05) is 0 Å². The maximum absolute atomic E-state index is 12.2. The topological polar surface area (TPSA) is 88.9 Å². The number of rotatable bonds is 3. The fourth-order valence-corrected chi connectivity index (χ4v) is 2.34. The Labute approximate surface area is 125 Å². The van der Waals surface area contributed by atoms with Crippen LogP contribution in [0.1, 0.15) is 6.42 Å². The van der Waals surface area contributed by atoms with Crippen molar-refractivity contribution >= 4 is 29.1 Å². The summed E-state index contributed by atoms with van der Waals surface area (Å²) in [5, 5.41) is 9.97. The number of carbonyl (C=O) groups is 2. The van der Waals surface area contributed by atoms with E-state index in [0.717, 1.165) is 0 Å². The molecule has 3 rings (SSSR count). The first-order valence-corrected chi connectivity index (χ1v) is 6.73. The second-order valence-electron chi connectivity index (χ2n) is 4.70. The second kappa shape index (κ2) is 5.53. The molecule has 0 aliphatic carbocycles. The third kappa shape index (κ3) is 2.87. The van der Waals surface area contributed by atoms with Crippen LogP contribution in [0.3, 0.4) is 0 Å². The minimum Gasteiger partial charge on any atom is -0.355 e. The van der Waals surface area contributed by atoms with Crippen LogP contribution >= 0.6 is 11.6 Å². The third-order valence-corrected chi connectivity index (χ3v) is 3.47. The molecule has 7 nitrogen and oxygen atoms in total. The maximum atomic E-state index is 12.2. The van der Waals surface area contributed by atoms with Crippen molar-refractivity contribution in [2.75, 3.05) is 11.9 Å². The van der Waals surface area contributed by atoms with Crippen molar-refractivity contribution < 1.29 is 9.59 Å². The molecule has 0 radical (unpaired) electrons. The van der Waals surface area contributed by atoms with Gasteiger partial charge in [-0.05, 0) is 18.2 Å². The van der Waals surface area contributed by atoms with Crippen molar-refractivity contribution in [2.45, 2.75) is 6.42 Å². The predicted molar refractivity (Wildman–Crippen MR) is 76.1 cm³/mol. The lowest BCUT2D eigenvalue weighted by Crippen LogP contribution is -2.25. The molecule has 1 unspecified atom stereocenters. The summed E-state index contributed by atoms with van der Waals surface area (Å²) in [5.74, 6) is -0.713. The van der Waals surface area contributed by atoms with E-state index in [4.69, 9.17) is 11.6 Å². The molecule has 0 bridgehead atoms. The van der Waals surface area contributed by atoms with Crippen molar-refractivity contribution in [1.29, 1.82) is 0 Å². The highest BCUT2D eigenvalue weighted by molar-refractivity contribution is 6.31. The van der Waals surface area contributed by atoms with Crippen LogP contribution in [-0.4, -0.2) is 33.1 Å². The van der Waals surface area contributed by atoms with E-state index in [1.165, 1.54) is 17.3 Å². The first-order chi connectivity index (χ1) is 10.1. The van der Waals surface area contributed by atoms with Crippen LogP contribution in [-0.2, 0) is 9.59 Å². The largest absolute Gasteiger partial charge is 0.355 e. The molecule has 1 aliphatic rings. The van der Waals surface area contributed by atoms with E-state index < -0.39 is 0 Å². The van der Waals surface area contributed by atoms with Gasteiger partial charge in [0.2, 0.25) is 11.8 Å². The molecule has 8 heteroatoms. The second-order valence-corrected chi connectivity index (χ2v) is 5.13. The summed E-state index contributed by atoms with van der Waals surface area (Å²) >= 11 is 5.98. The fraction of sp³-hybridized carbons (Fsp3) is 0.231. The van der Waals surface area contributed by atoms with Crippen LogP contribution in [0, 0.1) is 5.92 Å². The maximum Gasteiger partial charge on any atom is 0.229 e. The van der Waals surface area contributed by atoms with Gasteiger partial charge in [-0.15, -0.1) is 0 Å². The van der Waals surface area contributed by atoms with Gasteiger partial charge in [0, 0.05) is 18.0 Å². The Morgan fingerprint density at radius 1 is 1.48 bits per heavy atom. The molecule has 2 amide bonds. The molecule has 2 aromatic rings. The Morgan fingerprint density at radius 3 is 3.00 bits per heavy atom. The number of benzene rings is 1. The zero-order valence-corrected chi connectivity index (χ0v) is 11.7. The van der Waals surface area contributed by atoms with Gasteiger partial charge >= 0.3 is 0 Å². The van der Waals surface area contributed by atoms with Gasteiger partial charge in [0.25, 0.3) is 0 Å². The molecule has 1 aromatic carbocycles. The lowest BCUT2D eigenvalue weighted by atomic mass is 10.1. The summed E-state index contributed by atoms with van der Waals surface area (Å²) in [6.45, 7) is 0.351. The Bertz CT molecular complexity index is 686. The molecule has 21 heavy (non-hydrogen) atoms. The number of hydrogen-bond donors (Lipinski definition) is 2. The number of nitrogens with one attached hydrogen (secondary N) is 2. The SMILES string of the molecule is O=C1CC(C(=O)Nc2cc(Cl)ccc2-n2cncn2)CN1. The number of anilines is 1. The molecule has 2 N–H and O–H groups in total. The van der Waals surface area contributed by atoms with Crippen molar-refractivity contribution in [3.63, 3.8) is 0 Å². The number of nitrogens with zero attached hydrogens (tertiary/aromatic N) is 3. The van der Waals surface area contributed by atoms with Crippen molar-refractivity contribution in [1.82, 2.24) is 20.1 Å². The zero-order valence-electron chi connectivity index (χ0n) is 10.9. The molecule has 1 saturated heterocycles. The van der Waals surface area contributed by atoms with E-state index in [1.54, 1.807) is 18.2 Å². The number of aromatic nitrogens is 3. The smallest absolute Gasteiger partial charge is 0.229 e. The highest BCUT2D eigenvalue weighted by Crippen LogP contribution is 2.25. The molecule has 0 saturated carbocycles. The lowest BCUT2D eigenvalue weighted by Gasteiger charge is -2.13. The van der Waals surface area contributed by atoms with E-state index in [0.29, 0.717) is 22.9 Å². The Hall–Kier alpha value is -2.41. The Kier molecular flexibility index (Phi) is 3.57. The van der Waals surface area contributed by atoms with Crippen LogP contribution in [0.5, 0.6) is 0 Å². The average molecular weight is 306 g/mol. The molecule has 1 aliphatic heterocycles. The Morgan fingerprint density at radius 2 is 2.33 bits per heavy atom. The van der Waals surface area contributed by atoms with Crippen LogP contribution in [0.15, 0.2) is 30.9 Å². The van der Waals surface area contributed by atoms with Crippen LogP contribution in [0.4, 0.5) is 5.69 Å². The van der Waals surface area contributed by atoms with Gasteiger partial charge in [-0.3, -0.25) is 9.59 Å². The van der Waals surface area contributed by atoms with Crippen LogP contribution < -0.4 is 10.6 Å². The zero-order chi connectivity index (χ0) is 14.8. The number of halogens is 1. The number of amides is 2. The van der Waals surface area contributed by atoms with Crippen molar-refractivity contribution in [3.05, 3.63) is 35.9 Å². The van der Waals surface area contributed by atoms with Gasteiger partial charge in [0.1, 0.15) is 12.7 Å². The molecule has 1 aromatic heterocycles. The van der Waals surface area contributed by atoms with E-state index in [-0.39, 0.29) is 24.2 Å². The quantitative estimate of drug-likeness (QED) is 0.885. The molecule has 1 fully saturated rings. The summed E-state index contributed by atoms with van der Waals surface area (Å²) in [6, 6.07) is 5.08.